The average molecular weight is 137 g/mol. The fraction of sp³-hybridized carbons (Fsp3) is 0.167. The Morgan fingerprint density at radius 3 is 3.20 bits per heavy atom. The third kappa shape index (κ3) is 0.586. The van der Waals surface area contributed by atoms with Gasteiger partial charge >= 0.3 is 0 Å². The molecule has 2 rings (SSSR count). The number of aromatic nitrogens is 2. The van der Waals surface area contributed by atoms with E-state index in [1.807, 2.05) is 13.0 Å². The third-order valence-electron chi connectivity index (χ3n) is 1.34. The highest BCUT2D eigenvalue weighted by Gasteiger charge is 2.02. The first-order valence-corrected chi connectivity index (χ1v) is 2.96. The second kappa shape index (κ2) is 1.53. The summed E-state index contributed by atoms with van der Waals surface area (Å²) in [4.78, 5) is 1.24. The van der Waals surface area contributed by atoms with Gasteiger partial charge in [-0.1, -0.05) is 0 Å². The lowest BCUT2D eigenvalue weighted by Crippen LogP contribution is -2.07. The summed E-state index contributed by atoms with van der Waals surface area (Å²) in [6.45, 7) is 1.88. The molecule has 2 aromatic rings. The summed E-state index contributed by atoms with van der Waals surface area (Å²) < 4.78 is 5.23. The molecule has 0 radical (unpaired) electrons. The van der Waals surface area contributed by atoms with Crippen LogP contribution in [0.5, 0.6) is 0 Å². The van der Waals surface area contributed by atoms with Gasteiger partial charge in [-0.2, -0.15) is 4.79 Å². The Morgan fingerprint density at radius 1 is 1.70 bits per heavy atom. The van der Waals surface area contributed by atoms with Crippen LogP contribution in [0.3, 0.4) is 0 Å². The highest BCUT2D eigenvalue weighted by atomic mass is 16.3. The maximum atomic E-state index is 5.33. The van der Waals surface area contributed by atoms with Crippen LogP contribution in [0.15, 0.2) is 16.7 Å². The van der Waals surface area contributed by atoms with Crippen LogP contribution < -0.4 is 5.84 Å². The molecule has 0 aliphatic heterocycles. The molecular weight excluding hydrogens is 130 g/mol. The van der Waals surface area contributed by atoms with E-state index in [4.69, 9.17) is 10.3 Å². The first-order chi connectivity index (χ1) is 4.75. The number of furan rings is 1. The topological polar surface area (TPSA) is 57.0 Å². The lowest BCUT2D eigenvalue weighted by Gasteiger charge is -1.82. The minimum absolute atomic E-state index is 0.736. The molecule has 0 atom stereocenters. The minimum Gasteiger partial charge on any atom is -0.458 e. The number of rotatable bonds is 0. The van der Waals surface area contributed by atoms with Crippen molar-refractivity contribution >= 4 is 11.1 Å². The van der Waals surface area contributed by atoms with E-state index >= 15 is 0 Å². The second-order valence-electron chi connectivity index (χ2n) is 2.22. The Balaban J connectivity index is 2.83. The average Bonchev–Trinajstić information content (AvgIpc) is 2.21. The molecule has 2 aromatic heterocycles. The third-order valence-corrected chi connectivity index (χ3v) is 1.34. The molecule has 0 bridgehead atoms. The van der Waals surface area contributed by atoms with Crippen LogP contribution in [0.25, 0.3) is 11.1 Å². The zero-order valence-corrected chi connectivity index (χ0v) is 5.53. The molecule has 0 spiro atoms. The van der Waals surface area contributed by atoms with Crippen molar-refractivity contribution in [1.82, 2.24) is 9.89 Å². The monoisotopic (exact) mass is 137 g/mol. The number of nitrogens with zero attached hydrogens (tertiary/aromatic N) is 2. The summed E-state index contributed by atoms with van der Waals surface area (Å²) in [7, 11) is 0. The smallest absolute Gasteiger partial charge is 0.174 e. The van der Waals surface area contributed by atoms with E-state index in [0.29, 0.717) is 0 Å². The fourth-order valence-electron chi connectivity index (χ4n) is 0.963. The van der Waals surface area contributed by atoms with Crippen molar-refractivity contribution in [2.75, 3.05) is 5.84 Å². The lowest BCUT2D eigenvalue weighted by molar-refractivity contribution is 0.576. The number of fused-ring (bicyclic) bond motifs is 1. The van der Waals surface area contributed by atoms with Gasteiger partial charge in [-0.3, -0.25) is 0 Å². The van der Waals surface area contributed by atoms with Crippen LogP contribution in [0.4, 0.5) is 0 Å². The predicted octanol–water partition coefficient (Wildman–Crippen LogP) is 0.652. The summed E-state index contributed by atoms with van der Waals surface area (Å²) in [5, 5.41) is 3.93. The van der Waals surface area contributed by atoms with E-state index in [0.717, 1.165) is 16.9 Å². The fourth-order valence-corrected chi connectivity index (χ4v) is 0.963. The molecule has 2 heterocycles. The molecule has 4 heteroatoms. The number of hydrogen-bond acceptors (Lipinski definition) is 3. The molecule has 0 fully saturated rings. The van der Waals surface area contributed by atoms with Crippen LogP contribution in [0, 0.1) is 6.92 Å². The van der Waals surface area contributed by atoms with E-state index in [-0.39, 0.29) is 0 Å². The van der Waals surface area contributed by atoms with Crippen LogP contribution in [0.1, 0.15) is 5.76 Å². The van der Waals surface area contributed by atoms with Crippen LogP contribution >= 0.6 is 0 Å². The summed E-state index contributed by atoms with van der Waals surface area (Å²) in [5.74, 6) is 6.19. The van der Waals surface area contributed by atoms with E-state index in [2.05, 4.69) is 5.10 Å². The highest BCUT2D eigenvalue weighted by molar-refractivity contribution is 5.72. The van der Waals surface area contributed by atoms with Gasteiger partial charge in [-0.25, -0.2) is 0 Å². The Kier molecular flexibility index (Phi) is 0.818. The number of aryl methyl sites for hydroxylation is 1. The van der Waals surface area contributed by atoms with Crippen molar-refractivity contribution in [3.05, 3.63) is 18.0 Å². The van der Waals surface area contributed by atoms with Gasteiger partial charge in [0.2, 0.25) is 0 Å². The van der Waals surface area contributed by atoms with Gasteiger partial charge < -0.3 is 10.3 Å². The first kappa shape index (κ1) is 5.34. The van der Waals surface area contributed by atoms with Gasteiger partial charge in [0.15, 0.2) is 5.58 Å². The summed E-state index contributed by atoms with van der Waals surface area (Å²) >= 11 is 0. The summed E-state index contributed by atoms with van der Waals surface area (Å²) in [6, 6.07) is 1.85. The molecular formula is C6H7N3O. The molecule has 0 aliphatic rings. The normalized spacial score (nSPS) is 10.9. The van der Waals surface area contributed by atoms with E-state index in [9.17, 15) is 0 Å². The molecule has 0 amide bonds. The highest BCUT2D eigenvalue weighted by Crippen LogP contribution is 2.14. The van der Waals surface area contributed by atoms with Gasteiger partial charge in [0.25, 0.3) is 0 Å². The van der Waals surface area contributed by atoms with Gasteiger partial charge in [0.05, 0.1) is 6.20 Å². The van der Waals surface area contributed by atoms with Gasteiger partial charge in [-0.05, 0) is 6.92 Å². The van der Waals surface area contributed by atoms with Gasteiger partial charge in [0.1, 0.15) is 11.3 Å². The number of nitrogen functional groups attached to an aromatic ring is 1. The largest absolute Gasteiger partial charge is 0.458 e. The second-order valence-corrected chi connectivity index (χ2v) is 2.22. The molecule has 0 aromatic carbocycles. The molecule has 0 unspecified atom stereocenters. The molecule has 0 aliphatic carbocycles. The number of hydrogen-bond donors (Lipinski definition) is 1. The molecule has 0 saturated heterocycles. The van der Waals surface area contributed by atoms with Crippen molar-refractivity contribution in [2.45, 2.75) is 6.92 Å². The SMILES string of the molecule is Cc1cc2nn(N)cc2o1. The van der Waals surface area contributed by atoms with Gasteiger partial charge in [-0.15, -0.1) is 5.10 Å². The Morgan fingerprint density at radius 2 is 2.50 bits per heavy atom. The number of nitrogens with two attached hydrogens (primary N) is 1. The van der Waals surface area contributed by atoms with Crippen LogP contribution in [-0.4, -0.2) is 9.89 Å². The molecule has 52 valence electrons. The molecule has 4 nitrogen and oxygen atoms in total. The van der Waals surface area contributed by atoms with Crippen molar-refractivity contribution in [3.8, 4) is 0 Å². The minimum atomic E-state index is 0.736. The Hall–Kier alpha value is -1.45. The molecule has 10 heavy (non-hydrogen) atoms. The van der Waals surface area contributed by atoms with E-state index < -0.39 is 0 Å². The summed E-state index contributed by atoms with van der Waals surface area (Å²) in [5.41, 5.74) is 1.54. The van der Waals surface area contributed by atoms with E-state index in [1.165, 1.54) is 4.79 Å². The maximum Gasteiger partial charge on any atom is 0.174 e. The quantitative estimate of drug-likeness (QED) is 0.542. The standard InChI is InChI=1S/C6H7N3O/c1-4-2-5-6(10-4)3-9(7)8-5/h2-3H,7H2,1H3. The maximum absolute atomic E-state index is 5.33. The predicted molar refractivity (Wildman–Crippen MR) is 36.9 cm³/mol. The zero-order valence-electron chi connectivity index (χ0n) is 5.53. The van der Waals surface area contributed by atoms with Crippen molar-refractivity contribution in [1.29, 1.82) is 0 Å². The van der Waals surface area contributed by atoms with Crippen molar-refractivity contribution in [3.63, 3.8) is 0 Å². The molecule has 0 saturated carbocycles. The first-order valence-electron chi connectivity index (χ1n) is 2.96. The van der Waals surface area contributed by atoms with Crippen molar-refractivity contribution in [2.24, 2.45) is 0 Å². The Labute approximate surface area is 57.2 Å². The van der Waals surface area contributed by atoms with Gasteiger partial charge in [0, 0.05) is 6.07 Å². The van der Waals surface area contributed by atoms with Crippen molar-refractivity contribution < 1.29 is 4.42 Å². The Bertz CT molecular complexity index is 297. The molecule has 2 N–H and O–H groups in total. The lowest BCUT2D eigenvalue weighted by atomic mass is 10.4. The van der Waals surface area contributed by atoms with Crippen LogP contribution in [0.2, 0.25) is 0 Å². The summed E-state index contributed by atoms with van der Waals surface area (Å²) in [6.07, 6.45) is 1.64. The zero-order chi connectivity index (χ0) is 7.14. The van der Waals surface area contributed by atoms with Crippen LogP contribution in [-0.2, 0) is 0 Å². The van der Waals surface area contributed by atoms with E-state index in [1.54, 1.807) is 6.20 Å².